The number of halogens is 1. The van der Waals surface area contributed by atoms with Crippen LogP contribution in [0.25, 0.3) is 0 Å². The molecule has 28 heavy (non-hydrogen) atoms. The smallest absolute Gasteiger partial charge is 0.271 e. The molecule has 0 aliphatic carbocycles. The van der Waals surface area contributed by atoms with Crippen LogP contribution in [0.4, 0.5) is 0 Å². The largest absolute Gasteiger partial charge is 0.471 e. The van der Waals surface area contributed by atoms with Gasteiger partial charge in [0.25, 0.3) is 5.91 Å². The van der Waals surface area contributed by atoms with Crippen molar-refractivity contribution in [1.82, 2.24) is 24.9 Å². The van der Waals surface area contributed by atoms with Crippen molar-refractivity contribution in [2.24, 2.45) is 0 Å². The van der Waals surface area contributed by atoms with Crippen LogP contribution < -0.4 is 10.1 Å². The predicted octanol–water partition coefficient (Wildman–Crippen LogP) is 3.61. The molecule has 0 saturated heterocycles. The minimum absolute atomic E-state index is 0.108. The predicted molar refractivity (Wildman–Crippen MR) is 110 cm³/mol. The van der Waals surface area contributed by atoms with Gasteiger partial charge in [-0.1, -0.05) is 32.9 Å². The minimum Gasteiger partial charge on any atom is -0.471 e. The summed E-state index contributed by atoms with van der Waals surface area (Å²) in [6, 6.07) is 9.70. The summed E-state index contributed by atoms with van der Waals surface area (Å²) in [7, 11) is 0. The number of nitrogens with one attached hydrogen (secondary N) is 1. The van der Waals surface area contributed by atoms with E-state index < -0.39 is 0 Å². The molecule has 0 fully saturated rings. The summed E-state index contributed by atoms with van der Waals surface area (Å²) in [5.74, 6) is 0.541. The van der Waals surface area contributed by atoms with E-state index in [2.05, 4.69) is 64.3 Å². The third-order valence-electron chi connectivity index (χ3n) is 4.19. The molecule has 3 rings (SSSR count). The van der Waals surface area contributed by atoms with Crippen LogP contribution in [0.3, 0.4) is 0 Å². The first-order valence-electron chi connectivity index (χ1n) is 9.04. The zero-order valence-corrected chi connectivity index (χ0v) is 17.8. The van der Waals surface area contributed by atoms with Crippen molar-refractivity contribution in [1.29, 1.82) is 0 Å². The normalized spacial score (nSPS) is 11.4. The maximum absolute atomic E-state index is 12.2. The fraction of sp³-hybridized carbons (Fsp3) is 0.350. The zero-order chi connectivity index (χ0) is 20.1. The van der Waals surface area contributed by atoms with Crippen molar-refractivity contribution in [2.45, 2.75) is 39.5 Å². The monoisotopic (exact) mass is 445 g/mol. The lowest BCUT2D eigenvalue weighted by Crippen LogP contribution is -2.28. The van der Waals surface area contributed by atoms with Gasteiger partial charge in [0.2, 0.25) is 0 Å². The Labute approximate surface area is 172 Å². The summed E-state index contributed by atoms with van der Waals surface area (Å²) >= 11 is 3.34. The number of hydrogen-bond acceptors (Lipinski definition) is 4. The standard InChI is InChI=1S/C20H24BrN5O2/c1-20(2,3)15-4-6-17(7-5-15)28-14-26-10-8-18(24-26)19(27)22-9-11-25-13-16(21)12-23-25/h4-8,10,12-13H,9,11,14H2,1-3H3,(H,22,27). The highest BCUT2D eigenvalue weighted by Crippen LogP contribution is 2.24. The highest BCUT2D eigenvalue weighted by Gasteiger charge is 2.13. The molecule has 2 aromatic heterocycles. The Kier molecular flexibility index (Phi) is 6.18. The molecule has 8 heteroatoms. The lowest BCUT2D eigenvalue weighted by molar-refractivity contribution is 0.0945. The topological polar surface area (TPSA) is 74.0 Å². The summed E-state index contributed by atoms with van der Waals surface area (Å²) in [5, 5.41) is 11.2. The number of carbonyl (C=O) groups is 1. The summed E-state index contributed by atoms with van der Waals surface area (Å²) in [6.07, 6.45) is 5.29. The molecule has 0 unspecified atom stereocenters. The molecule has 0 aliphatic rings. The number of amides is 1. The maximum Gasteiger partial charge on any atom is 0.271 e. The third-order valence-corrected chi connectivity index (χ3v) is 4.59. The first-order chi connectivity index (χ1) is 13.3. The van der Waals surface area contributed by atoms with E-state index in [9.17, 15) is 4.79 Å². The van der Waals surface area contributed by atoms with Gasteiger partial charge in [-0.05, 0) is 45.1 Å². The van der Waals surface area contributed by atoms with Crippen molar-refractivity contribution in [2.75, 3.05) is 6.54 Å². The Morgan fingerprint density at radius 3 is 2.57 bits per heavy atom. The van der Waals surface area contributed by atoms with Gasteiger partial charge >= 0.3 is 0 Å². The molecule has 7 nitrogen and oxygen atoms in total. The number of ether oxygens (including phenoxy) is 1. The van der Waals surface area contributed by atoms with Crippen molar-refractivity contribution in [3.8, 4) is 5.75 Å². The van der Waals surface area contributed by atoms with Crippen LogP contribution in [-0.2, 0) is 18.7 Å². The Balaban J connectivity index is 1.47. The third kappa shape index (κ3) is 5.45. The van der Waals surface area contributed by atoms with Crippen molar-refractivity contribution in [3.05, 3.63) is 64.7 Å². The number of hydrogen-bond donors (Lipinski definition) is 1. The number of aromatic nitrogens is 4. The van der Waals surface area contributed by atoms with Gasteiger partial charge in [-0.15, -0.1) is 0 Å². The minimum atomic E-state index is -0.223. The van der Waals surface area contributed by atoms with Crippen LogP contribution in [0.2, 0.25) is 0 Å². The zero-order valence-electron chi connectivity index (χ0n) is 16.2. The van der Waals surface area contributed by atoms with E-state index in [1.807, 2.05) is 18.3 Å². The summed E-state index contributed by atoms with van der Waals surface area (Å²) in [4.78, 5) is 12.2. The average Bonchev–Trinajstić information content (AvgIpc) is 3.28. The lowest BCUT2D eigenvalue weighted by atomic mass is 9.87. The van der Waals surface area contributed by atoms with Crippen LogP contribution in [0.5, 0.6) is 5.75 Å². The van der Waals surface area contributed by atoms with Gasteiger partial charge in [0.1, 0.15) is 11.4 Å². The SMILES string of the molecule is CC(C)(C)c1ccc(OCn2ccc(C(=O)NCCn3cc(Br)cn3)n2)cc1. The summed E-state index contributed by atoms with van der Waals surface area (Å²) in [6.45, 7) is 7.82. The van der Waals surface area contributed by atoms with E-state index >= 15 is 0 Å². The first kappa shape index (κ1) is 20.1. The van der Waals surface area contributed by atoms with Gasteiger partial charge in [-0.2, -0.15) is 10.2 Å². The van der Waals surface area contributed by atoms with Gasteiger partial charge in [0.05, 0.1) is 17.2 Å². The molecule has 1 N–H and O–H groups in total. The molecular weight excluding hydrogens is 422 g/mol. The molecule has 148 valence electrons. The van der Waals surface area contributed by atoms with E-state index in [-0.39, 0.29) is 18.1 Å². The van der Waals surface area contributed by atoms with Gasteiger partial charge in [0.15, 0.2) is 6.73 Å². The van der Waals surface area contributed by atoms with E-state index in [0.29, 0.717) is 18.8 Å². The number of benzene rings is 1. The van der Waals surface area contributed by atoms with Crippen LogP contribution in [0.15, 0.2) is 53.4 Å². The van der Waals surface area contributed by atoms with E-state index in [4.69, 9.17) is 4.74 Å². The number of nitrogens with zero attached hydrogens (tertiary/aromatic N) is 4. The molecule has 0 bridgehead atoms. The van der Waals surface area contributed by atoms with Crippen LogP contribution in [-0.4, -0.2) is 32.0 Å². The Morgan fingerprint density at radius 1 is 1.18 bits per heavy atom. The molecule has 1 aromatic carbocycles. The summed E-state index contributed by atoms with van der Waals surface area (Å²) in [5.41, 5.74) is 1.71. The molecule has 0 aliphatic heterocycles. The van der Waals surface area contributed by atoms with Gasteiger partial charge < -0.3 is 10.1 Å². The highest BCUT2D eigenvalue weighted by molar-refractivity contribution is 9.10. The van der Waals surface area contributed by atoms with Gasteiger partial charge in [-0.3, -0.25) is 9.48 Å². The molecule has 0 atom stereocenters. The summed E-state index contributed by atoms with van der Waals surface area (Å²) < 4.78 is 10.0. The highest BCUT2D eigenvalue weighted by atomic mass is 79.9. The van der Waals surface area contributed by atoms with Crippen molar-refractivity contribution >= 4 is 21.8 Å². The molecule has 0 spiro atoms. The van der Waals surface area contributed by atoms with E-state index in [0.717, 1.165) is 10.2 Å². The Morgan fingerprint density at radius 2 is 1.93 bits per heavy atom. The molecule has 3 aromatic rings. The molecule has 0 saturated carbocycles. The second kappa shape index (κ2) is 8.60. The van der Waals surface area contributed by atoms with Gasteiger partial charge in [0, 0.05) is 18.9 Å². The first-order valence-corrected chi connectivity index (χ1v) is 9.83. The molecular formula is C20H24BrN5O2. The van der Waals surface area contributed by atoms with Crippen LogP contribution in [0, 0.1) is 0 Å². The Bertz CT molecular complexity index is 925. The van der Waals surface area contributed by atoms with E-state index in [1.165, 1.54) is 5.56 Å². The molecule has 1 amide bonds. The van der Waals surface area contributed by atoms with Crippen LogP contribution in [0.1, 0.15) is 36.8 Å². The van der Waals surface area contributed by atoms with Crippen molar-refractivity contribution in [3.63, 3.8) is 0 Å². The number of carbonyl (C=O) groups excluding carboxylic acids is 1. The van der Waals surface area contributed by atoms with Crippen molar-refractivity contribution < 1.29 is 9.53 Å². The molecule has 2 heterocycles. The molecule has 0 radical (unpaired) electrons. The second-order valence-corrected chi connectivity index (χ2v) is 8.38. The fourth-order valence-electron chi connectivity index (χ4n) is 2.58. The second-order valence-electron chi connectivity index (χ2n) is 7.47. The van der Waals surface area contributed by atoms with E-state index in [1.54, 1.807) is 27.8 Å². The lowest BCUT2D eigenvalue weighted by Gasteiger charge is -2.19. The quantitative estimate of drug-likeness (QED) is 0.602. The maximum atomic E-state index is 12.2. The average molecular weight is 446 g/mol. The fourth-order valence-corrected chi connectivity index (χ4v) is 2.91. The van der Waals surface area contributed by atoms with Gasteiger partial charge in [-0.25, -0.2) is 4.68 Å². The van der Waals surface area contributed by atoms with Crippen LogP contribution >= 0.6 is 15.9 Å². The Hall–Kier alpha value is -2.61. The number of rotatable bonds is 7.